The largest absolute Gasteiger partial charge is 0.394 e. The third-order valence-corrected chi connectivity index (χ3v) is 2.88. The van der Waals surface area contributed by atoms with Crippen LogP contribution in [0.3, 0.4) is 0 Å². The molecule has 6 nitrogen and oxygen atoms in total. The number of rotatable bonds is 1. The molecular weight excluding hydrogens is 210 g/mol. The van der Waals surface area contributed by atoms with E-state index in [1.165, 1.54) is 21.4 Å². The molecule has 0 saturated carbocycles. The molecule has 3 rings (SSSR count). The second-order valence-electron chi connectivity index (χ2n) is 3.79. The van der Waals surface area contributed by atoms with Crippen LogP contribution in [0.4, 0.5) is 0 Å². The molecule has 82 valence electrons. The minimum atomic E-state index is -0.368. The van der Waals surface area contributed by atoms with Crippen LogP contribution in [0.1, 0.15) is 6.04 Å². The van der Waals surface area contributed by atoms with E-state index in [1.54, 1.807) is 6.07 Å². The fourth-order valence-corrected chi connectivity index (χ4v) is 2.16. The van der Waals surface area contributed by atoms with Gasteiger partial charge in [-0.2, -0.15) is 0 Å². The fourth-order valence-electron chi connectivity index (χ4n) is 2.16. The lowest BCUT2D eigenvalue weighted by atomic mass is 10.3. The van der Waals surface area contributed by atoms with Gasteiger partial charge < -0.3 is 5.11 Å². The van der Waals surface area contributed by atoms with Crippen LogP contribution in [0.2, 0.25) is 0 Å². The average molecular weight is 219 g/mol. The number of aliphatic hydroxyl groups is 1. The number of pyridine rings is 1. The molecule has 0 aromatic carbocycles. The molecule has 0 fully saturated rings. The number of nitrogens with zero attached hydrogens (tertiary/aromatic N) is 3. The first-order valence-electron chi connectivity index (χ1n) is 4.94. The number of hydrogen-bond donors (Lipinski definition) is 1. The molecule has 1 aliphatic heterocycles. The quantitative estimate of drug-likeness (QED) is 0.674. The van der Waals surface area contributed by atoms with Crippen LogP contribution in [-0.2, 0) is 6.54 Å². The van der Waals surface area contributed by atoms with E-state index in [0.29, 0.717) is 17.7 Å². The summed E-state index contributed by atoms with van der Waals surface area (Å²) in [5.74, 6) is 0. The van der Waals surface area contributed by atoms with E-state index in [9.17, 15) is 14.7 Å². The summed E-state index contributed by atoms with van der Waals surface area (Å²) >= 11 is 0. The summed E-state index contributed by atoms with van der Waals surface area (Å²) in [6.45, 7) is 0.160. The van der Waals surface area contributed by atoms with Gasteiger partial charge >= 0.3 is 0 Å². The third-order valence-electron chi connectivity index (χ3n) is 2.88. The van der Waals surface area contributed by atoms with Gasteiger partial charge in [0.05, 0.1) is 25.4 Å². The van der Waals surface area contributed by atoms with E-state index < -0.39 is 0 Å². The Hall–Kier alpha value is -1.95. The van der Waals surface area contributed by atoms with Crippen LogP contribution < -0.4 is 11.1 Å². The van der Waals surface area contributed by atoms with Crippen LogP contribution in [0.15, 0.2) is 27.9 Å². The van der Waals surface area contributed by atoms with Crippen LogP contribution in [0.25, 0.3) is 11.2 Å². The monoisotopic (exact) mass is 219 g/mol. The first-order valence-corrected chi connectivity index (χ1v) is 4.94. The molecule has 6 heteroatoms. The molecule has 1 aliphatic rings. The van der Waals surface area contributed by atoms with Gasteiger partial charge in [0.25, 0.3) is 11.1 Å². The topological polar surface area (TPSA) is 77.1 Å². The van der Waals surface area contributed by atoms with Gasteiger partial charge in [-0.15, -0.1) is 0 Å². The molecule has 0 aliphatic carbocycles. The Labute approximate surface area is 89.4 Å². The minimum absolute atomic E-state index is 0.167. The van der Waals surface area contributed by atoms with Crippen molar-refractivity contribution < 1.29 is 5.11 Å². The average Bonchev–Trinajstić information content (AvgIpc) is 2.68. The second-order valence-corrected chi connectivity index (χ2v) is 3.79. The molecule has 1 atom stereocenters. The molecule has 2 aromatic rings. The highest BCUT2D eigenvalue weighted by molar-refractivity contribution is 5.71. The van der Waals surface area contributed by atoms with Crippen molar-refractivity contribution in [2.45, 2.75) is 12.6 Å². The third kappa shape index (κ3) is 1.02. The highest BCUT2D eigenvalue weighted by Gasteiger charge is 2.25. The number of aliphatic hydroxyl groups excluding tert-OH is 1. The van der Waals surface area contributed by atoms with Crippen LogP contribution in [-0.4, -0.2) is 25.8 Å². The molecule has 2 aromatic heterocycles. The van der Waals surface area contributed by atoms with E-state index in [1.807, 2.05) is 0 Å². The van der Waals surface area contributed by atoms with E-state index in [0.717, 1.165) is 0 Å². The molecule has 16 heavy (non-hydrogen) atoms. The Bertz CT molecular complexity index is 680. The van der Waals surface area contributed by atoms with Crippen molar-refractivity contribution in [3.05, 3.63) is 39.0 Å². The SMILES string of the molecule is O=c1cnc2ccc(=O)n3c2n1C[C@H]3CO. The summed E-state index contributed by atoms with van der Waals surface area (Å²) in [5.41, 5.74) is 0.627. The molecule has 1 N–H and O–H groups in total. The van der Waals surface area contributed by atoms with Crippen molar-refractivity contribution >= 4 is 11.2 Å². The normalized spacial score (nSPS) is 18.2. The van der Waals surface area contributed by atoms with Gasteiger partial charge in [0.15, 0.2) is 0 Å². The summed E-state index contributed by atoms with van der Waals surface area (Å²) in [7, 11) is 0. The predicted octanol–water partition coefficient (Wildman–Crippen LogP) is -0.895. The molecule has 0 bridgehead atoms. The van der Waals surface area contributed by atoms with Crippen LogP contribution in [0, 0.1) is 0 Å². The Morgan fingerprint density at radius 3 is 2.94 bits per heavy atom. The van der Waals surface area contributed by atoms with Crippen molar-refractivity contribution in [1.29, 1.82) is 0 Å². The minimum Gasteiger partial charge on any atom is -0.394 e. The summed E-state index contributed by atoms with van der Waals surface area (Å²) < 4.78 is 2.91. The maximum Gasteiger partial charge on any atom is 0.270 e. The van der Waals surface area contributed by atoms with Gasteiger partial charge in [0.1, 0.15) is 11.2 Å². The lowest BCUT2D eigenvalue weighted by Gasteiger charge is -2.08. The Morgan fingerprint density at radius 2 is 2.19 bits per heavy atom. The van der Waals surface area contributed by atoms with Crippen molar-refractivity contribution in [3.8, 4) is 0 Å². The maximum atomic E-state index is 11.7. The summed E-state index contributed by atoms with van der Waals surface area (Å²) in [6, 6.07) is 2.62. The zero-order chi connectivity index (χ0) is 11.3. The van der Waals surface area contributed by atoms with Crippen molar-refractivity contribution in [2.24, 2.45) is 0 Å². The Kier molecular flexibility index (Phi) is 1.75. The molecule has 3 heterocycles. The zero-order valence-electron chi connectivity index (χ0n) is 8.33. The van der Waals surface area contributed by atoms with Gasteiger partial charge in [-0.25, -0.2) is 4.98 Å². The summed E-state index contributed by atoms with van der Waals surface area (Å²) in [6.07, 6.45) is 1.23. The van der Waals surface area contributed by atoms with Gasteiger partial charge in [-0.05, 0) is 6.07 Å². The summed E-state index contributed by atoms with van der Waals surface area (Å²) in [5, 5.41) is 9.21. The zero-order valence-corrected chi connectivity index (χ0v) is 8.33. The van der Waals surface area contributed by atoms with Crippen LogP contribution >= 0.6 is 0 Å². The van der Waals surface area contributed by atoms with Crippen LogP contribution in [0.5, 0.6) is 0 Å². The molecule has 0 amide bonds. The first-order chi connectivity index (χ1) is 7.72. The number of hydrogen-bond acceptors (Lipinski definition) is 4. The van der Waals surface area contributed by atoms with Gasteiger partial charge in [0, 0.05) is 6.07 Å². The first kappa shape index (κ1) is 9.29. The van der Waals surface area contributed by atoms with Gasteiger partial charge in [0.2, 0.25) is 0 Å². The second kappa shape index (κ2) is 3.02. The van der Waals surface area contributed by atoms with E-state index in [-0.39, 0.29) is 23.8 Å². The molecule has 0 radical (unpaired) electrons. The highest BCUT2D eigenvalue weighted by atomic mass is 16.3. The Morgan fingerprint density at radius 1 is 1.38 bits per heavy atom. The maximum absolute atomic E-state index is 11.7. The lowest BCUT2D eigenvalue weighted by molar-refractivity contribution is 0.225. The molecule has 0 saturated heterocycles. The lowest BCUT2D eigenvalue weighted by Crippen LogP contribution is -2.23. The van der Waals surface area contributed by atoms with E-state index in [4.69, 9.17) is 0 Å². The predicted molar refractivity (Wildman–Crippen MR) is 56.4 cm³/mol. The van der Waals surface area contributed by atoms with E-state index >= 15 is 0 Å². The number of aromatic nitrogens is 3. The fraction of sp³-hybridized carbons (Fsp3) is 0.300. The Balaban J connectivity index is 2.54. The van der Waals surface area contributed by atoms with Crippen molar-refractivity contribution in [1.82, 2.24) is 14.1 Å². The molecular formula is C10H9N3O3. The summed E-state index contributed by atoms with van der Waals surface area (Å²) in [4.78, 5) is 27.2. The van der Waals surface area contributed by atoms with E-state index in [2.05, 4.69) is 4.98 Å². The van der Waals surface area contributed by atoms with Crippen molar-refractivity contribution in [3.63, 3.8) is 0 Å². The smallest absolute Gasteiger partial charge is 0.270 e. The molecule has 0 spiro atoms. The van der Waals surface area contributed by atoms with Gasteiger partial charge in [-0.1, -0.05) is 0 Å². The molecule has 0 unspecified atom stereocenters. The standard InChI is InChI=1S/C10H9N3O3/c14-5-6-4-12-9(16)3-11-7-1-2-8(15)13(6)10(7)12/h1-3,6,14H,4-5H2/t6-/m0/s1. The highest BCUT2D eigenvalue weighted by Crippen LogP contribution is 2.20. The van der Waals surface area contributed by atoms with Gasteiger partial charge in [-0.3, -0.25) is 18.7 Å². The van der Waals surface area contributed by atoms with Crippen molar-refractivity contribution in [2.75, 3.05) is 6.61 Å².